The Labute approximate surface area is 148 Å². The fraction of sp³-hybridized carbons (Fsp3) is 0.188. The number of rotatable bonds is 2. The number of hydrogen-bond acceptors (Lipinski definition) is 3. The monoisotopic (exact) mass is 361 g/mol. The molecule has 3 heterocycles. The second-order valence-electron chi connectivity index (χ2n) is 5.62. The minimum absolute atomic E-state index is 0.0572. The average Bonchev–Trinajstić information content (AvgIpc) is 3.22. The van der Waals surface area contributed by atoms with Crippen molar-refractivity contribution in [2.75, 3.05) is 6.54 Å². The normalized spacial score (nSPS) is 13.8. The van der Waals surface area contributed by atoms with Crippen molar-refractivity contribution in [3.63, 3.8) is 0 Å². The quantitative estimate of drug-likeness (QED) is 0.762. The summed E-state index contributed by atoms with van der Waals surface area (Å²) in [5, 5.41) is 12.3. The van der Waals surface area contributed by atoms with Crippen LogP contribution in [0.2, 0.25) is 10.0 Å². The molecule has 6 nitrogen and oxygen atoms in total. The van der Waals surface area contributed by atoms with Gasteiger partial charge in [-0.2, -0.15) is 10.2 Å². The highest BCUT2D eigenvalue weighted by Gasteiger charge is 2.24. The summed E-state index contributed by atoms with van der Waals surface area (Å²) in [4.78, 5) is 14.5. The van der Waals surface area contributed by atoms with Crippen LogP contribution in [-0.4, -0.2) is 37.3 Å². The zero-order valence-corrected chi connectivity index (χ0v) is 14.1. The lowest BCUT2D eigenvalue weighted by molar-refractivity contribution is 0.0734. The maximum absolute atomic E-state index is 12.7. The number of aromatic nitrogens is 4. The number of halogens is 2. The van der Waals surface area contributed by atoms with Crippen LogP contribution in [0.25, 0.3) is 5.69 Å². The first-order valence-corrected chi connectivity index (χ1v) is 8.18. The SMILES string of the molecule is O=C(c1cnn(-c2ccc(Cl)cc2Cl)c1)N1CCc2[nH]ncc2C1. The first-order valence-electron chi connectivity index (χ1n) is 7.42. The highest BCUT2D eigenvalue weighted by molar-refractivity contribution is 6.35. The zero-order chi connectivity index (χ0) is 16.7. The fourth-order valence-corrected chi connectivity index (χ4v) is 3.31. The number of benzene rings is 1. The lowest BCUT2D eigenvalue weighted by Crippen LogP contribution is -2.35. The highest BCUT2D eigenvalue weighted by Crippen LogP contribution is 2.24. The van der Waals surface area contributed by atoms with E-state index < -0.39 is 0 Å². The molecule has 1 aliphatic heterocycles. The molecule has 0 spiro atoms. The van der Waals surface area contributed by atoms with Gasteiger partial charge in [-0.15, -0.1) is 0 Å². The average molecular weight is 362 g/mol. The maximum Gasteiger partial charge on any atom is 0.257 e. The van der Waals surface area contributed by atoms with E-state index in [0.717, 1.165) is 17.7 Å². The Morgan fingerprint density at radius 3 is 2.96 bits per heavy atom. The zero-order valence-electron chi connectivity index (χ0n) is 12.5. The molecule has 3 aromatic rings. The summed E-state index contributed by atoms with van der Waals surface area (Å²) < 4.78 is 1.58. The van der Waals surface area contributed by atoms with Crippen LogP contribution in [0.1, 0.15) is 21.6 Å². The molecule has 1 aliphatic rings. The predicted molar refractivity (Wildman–Crippen MR) is 90.6 cm³/mol. The van der Waals surface area contributed by atoms with Crippen molar-refractivity contribution in [2.24, 2.45) is 0 Å². The van der Waals surface area contributed by atoms with E-state index in [4.69, 9.17) is 23.2 Å². The van der Waals surface area contributed by atoms with Gasteiger partial charge in [0.2, 0.25) is 0 Å². The van der Waals surface area contributed by atoms with E-state index in [-0.39, 0.29) is 5.91 Å². The molecule has 0 atom stereocenters. The van der Waals surface area contributed by atoms with Crippen molar-refractivity contribution in [2.45, 2.75) is 13.0 Å². The third-order valence-electron chi connectivity index (χ3n) is 4.07. The molecule has 122 valence electrons. The topological polar surface area (TPSA) is 66.8 Å². The van der Waals surface area contributed by atoms with Gasteiger partial charge >= 0.3 is 0 Å². The van der Waals surface area contributed by atoms with Crippen LogP contribution >= 0.6 is 23.2 Å². The number of carbonyl (C=O) groups excluding carboxylic acids is 1. The largest absolute Gasteiger partial charge is 0.334 e. The summed E-state index contributed by atoms with van der Waals surface area (Å²) in [5.41, 5.74) is 3.36. The Morgan fingerprint density at radius 1 is 1.25 bits per heavy atom. The first kappa shape index (κ1) is 15.2. The molecule has 0 saturated heterocycles. The molecule has 1 N–H and O–H groups in total. The van der Waals surface area contributed by atoms with Crippen LogP contribution in [0, 0.1) is 0 Å². The van der Waals surface area contributed by atoms with Crippen molar-refractivity contribution in [1.29, 1.82) is 0 Å². The molecular formula is C16H13Cl2N5O. The van der Waals surface area contributed by atoms with Crippen LogP contribution in [0.3, 0.4) is 0 Å². The standard InChI is InChI=1S/C16H13Cl2N5O/c17-12-1-2-15(13(18)5-12)23-9-11(7-20-23)16(24)22-4-3-14-10(8-22)6-19-21-14/h1-2,5-7,9H,3-4,8H2,(H,19,21). The lowest BCUT2D eigenvalue weighted by atomic mass is 10.1. The Morgan fingerprint density at radius 2 is 2.12 bits per heavy atom. The molecule has 2 aromatic heterocycles. The van der Waals surface area contributed by atoms with Crippen molar-refractivity contribution >= 4 is 29.1 Å². The van der Waals surface area contributed by atoms with E-state index in [1.54, 1.807) is 46.4 Å². The third-order valence-corrected chi connectivity index (χ3v) is 4.61. The molecule has 0 fully saturated rings. The van der Waals surface area contributed by atoms with Crippen molar-refractivity contribution in [3.8, 4) is 5.69 Å². The molecular weight excluding hydrogens is 349 g/mol. The molecule has 4 rings (SSSR count). The Kier molecular flexibility index (Phi) is 3.78. The van der Waals surface area contributed by atoms with Gasteiger partial charge in [-0.3, -0.25) is 9.89 Å². The van der Waals surface area contributed by atoms with Gasteiger partial charge in [0.25, 0.3) is 5.91 Å². The van der Waals surface area contributed by atoms with Gasteiger partial charge in [-0.1, -0.05) is 23.2 Å². The van der Waals surface area contributed by atoms with Crippen LogP contribution in [0.5, 0.6) is 0 Å². The number of nitrogens with zero attached hydrogens (tertiary/aromatic N) is 4. The van der Waals surface area contributed by atoms with Crippen molar-refractivity contribution < 1.29 is 4.79 Å². The number of aromatic amines is 1. The van der Waals surface area contributed by atoms with Crippen LogP contribution in [-0.2, 0) is 13.0 Å². The van der Waals surface area contributed by atoms with Gasteiger partial charge < -0.3 is 4.90 Å². The van der Waals surface area contributed by atoms with Crippen LogP contribution in [0.15, 0.2) is 36.8 Å². The summed E-state index contributed by atoms with van der Waals surface area (Å²) in [7, 11) is 0. The first-order chi connectivity index (χ1) is 11.6. The molecule has 0 unspecified atom stereocenters. The Balaban J connectivity index is 1.58. The predicted octanol–water partition coefficient (Wildman–Crippen LogP) is 3.10. The van der Waals surface area contributed by atoms with Crippen molar-refractivity contribution in [3.05, 3.63) is 63.7 Å². The second-order valence-corrected chi connectivity index (χ2v) is 6.46. The number of amides is 1. The van der Waals surface area contributed by atoms with Crippen molar-refractivity contribution in [1.82, 2.24) is 24.9 Å². The van der Waals surface area contributed by atoms with Gasteiger partial charge in [0, 0.05) is 42.0 Å². The molecule has 0 radical (unpaired) electrons. The van der Waals surface area contributed by atoms with Gasteiger partial charge in [0.1, 0.15) is 0 Å². The van der Waals surface area contributed by atoms with Gasteiger partial charge in [0.15, 0.2) is 0 Å². The lowest BCUT2D eigenvalue weighted by Gasteiger charge is -2.26. The highest BCUT2D eigenvalue weighted by atomic mass is 35.5. The molecule has 0 aliphatic carbocycles. The molecule has 8 heteroatoms. The summed E-state index contributed by atoms with van der Waals surface area (Å²) >= 11 is 12.1. The van der Waals surface area contributed by atoms with Crippen LogP contribution < -0.4 is 0 Å². The summed E-state index contributed by atoms with van der Waals surface area (Å²) in [5.74, 6) is -0.0572. The second kappa shape index (κ2) is 5.96. The maximum atomic E-state index is 12.7. The van der Waals surface area contributed by atoms with E-state index >= 15 is 0 Å². The molecule has 1 aromatic carbocycles. The third kappa shape index (κ3) is 2.68. The summed E-state index contributed by atoms with van der Waals surface area (Å²) in [6.07, 6.45) is 5.78. The molecule has 0 bridgehead atoms. The fourth-order valence-electron chi connectivity index (χ4n) is 2.81. The number of carbonyl (C=O) groups is 1. The minimum Gasteiger partial charge on any atom is -0.334 e. The summed E-state index contributed by atoms with van der Waals surface area (Å²) in [6.45, 7) is 1.21. The van der Waals surface area contributed by atoms with Gasteiger partial charge in [0.05, 0.1) is 28.7 Å². The number of nitrogens with one attached hydrogen (secondary N) is 1. The number of hydrogen-bond donors (Lipinski definition) is 1. The number of H-pyrrole nitrogens is 1. The van der Waals surface area contributed by atoms with Crippen LogP contribution in [0.4, 0.5) is 0 Å². The van der Waals surface area contributed by atoms with E-state index in [0.29, 0.717) is 34.4 Å². The summed E-state index contributed by atoms with van der Waals surface area (Å²) in [6, 6.07) is 5.15. The van der Waals surface area contributed by atoms with E-state index in [2.05, 4.69) is 15.3 Å². The molecule has 1 amide bonds. The molecule has 0 saturated carbocycles. The smallest absolute Gasteiger partial charge is 0.257 e. The molecule has 24 heavy (non-hydrogen) atoms. The Hall–Kier alpha value is -2.31. The van der Waals surface area contributed by atoms with E-state index in [1.807, 2.05) is 0 Å². The Bertz CT molecular complexity index is 917. The van der Waals surface area contributed by atoms with Gasteiger partial charge in [-0.25, -0.2) is 4.68 Å². The van der Waals surface area contributed by atoms with Gasteiger partial charge in [-0.05, 0) is 18.2 Å². The van der Waals surface area contributed by atoms with E-state index in [9.17, 15) is 4.79 Å². The minimum atomic E-state index is -0.0572. The van der Waals surface area contributed by atoms with E-state index in [1.165, 1.54) is 0 Å². The number of fused-ring (bicyclic) bond motifs is 1.